The lowest BCUT2D eigenvalue weighted by Gasteiger charge is -2.39. The molecule has 1 N–H and O–H groups in total. The summed E-state index contributed by atoms with van der Waals surface area (Å²) < 4.78 is 35.4. The maximum absolute atomic E-state index is 14.5. The summed E-state index contributed by atoms with van der Waals surface area (Å²) in [5, 5.41) is 9.67. The number of rotatable bonds is 14. The topological polar surface area (TPSA) is 156 Å². The number of nitrogens with one attached hydrogen (secondary N) is 1. The number of amides is 4. The van der Waals surface area contributed by atoms with Gasteiger partial charge in [-0.15, -0.1) is 11.3 Å². The van der Waals surface area contributed by atoms with Gasteiger partial charge >= 0.3 is 0 Å². The summed E-state index contributed by atoms with van der Waals surface area (Å²) >= 11 is 1.64. The fourth-order valence-corrected chi connectivity index (χ4v) is 10.7. The zero-order valence-corrected chi connectivity index (χ0v) is 37.1. The van der Waals surface area contributed by atoms with Crippen molar-refractivity contribution in [1.82, 2.24) is 39.6 Å². The Kier molecular flexibility index (Phi) is 13.4. The molecule has 2 atom stereocenters. The number of thiophene rings is 1. The molecule has 339 valence electrons. The number of fused-ring (bicyclic) bond motifs is 2. The molecule has 0 bridgehead atoms. The van der Waals surface area contributed by atoms with Crippen LogP contribution in [0.25, 0.3) is 21.1 Å². The van der Waals surface area contributed by atoms with Gasteiger partial charge in [0.15, 0.2) is 5.76 Å². The van der Waals surface area contributed by atoms with Crippen molar-refractivity contribution in [3.8, 4) is 11.6 Å². The van der Waals surface area contributed by atoms with Crippen LogP contribution in [0.1, 0.15) is 81.0 Å². The number of aromatic nitrogens is 3. The van der Waals surface area contributed by atoms with E-state index in [1.165, 1.54) is 18.6 Å². The second-order valence-corrected chi connectivity index (χ2v) is 18.4. The number of likely N-dealkylation sites (tertiary alicyclic amines) is 2. The van der Waals surface area contributed by atoms with Crippen molar-refractivity contribution in [3.63, 3.8) is 0 Å². The van der Waals surface area contributed by atoms with Gasteiger partial charge in [-0.05, 0) is 91.4 Å². The molecule has 15 nitrogen and oxygen atoms in total. The first-order valence-electron chi connectivity index (χ1n) is 22.8. The van der Waals surface area contributed by atoms with Crippen molar-refractivity contribution in [1.29, 1.82) is 0 Å². The standard InChI is InChI=1S/C47H56FN8O7S/c1-2-41(57)50-44(31-7-4-3-5-8-31)47(60)54-22-20-53(21-23-54)46(59)39-26-32-25-33(48)10-11-38(32)56(39)29-43(58)55-17-6-9-34(55)30-61-42-27-36(63-51-42)28-52-18-13-35(14-19-52)62-40-12-16-49-37-15-24-64-45(37)40/h2,10-12,15-16,24-27,31,34-35,44H,3-9,13-14,17-23,28-30H2,1H3,(H,50,57)/t34-,44-/m0/s1. The zero-order chi connectivity index (χ0) is 44.2. The molecule has 3 aliphatic heterocycles. The van der Waals surface area contributed by atoms with Crippen LogP contribution < -0.4 is 14.8 Å². The van der Waals surface area contributed by atoms with Crippen LogP contribution in [-0.4, -0.2) is 129 Å². The minimum Gasteiger partial charge on any atom is -0.489 e. The van der Waals surface area contributed by atoms with Crippen LogP contribution in [0.2, 0.25) is 0 Å². The normalized spacial score (nSPS) is 19.7. The summed E-state index contributed by atoms with van der Waals surface area (Å²) in [6.45, 7) is 5.85. The first kappa shape index (κ1) is 43.7. The molecule has 1 aliphatic carbocycles. The average molecular weight is 896 g/mol. The third-order valence-electron chi connectivity index (χ3n) is 13.4. The Morgan fingerprint density at radius 1 is 0.922 bits per heavy atom. The summed E-state index contributed by atoms with van der Waals surface area (Å²) in [4.78, 5) is 66.6. The Hall–Kier alpha value is -5.55. The van der Waals surface area contributed by atoms with E-state index in [0.717, 1.165) is 86.8 Å². The van der Waals surface area contributed by atoms with E-state index in [-0.39, 0.29) is 73.6 Å². The highest BCUT2D eigenvalue weighted by Gasteiger charge is 2.37. The fourth-order valence-electron chi connectivity index (χ4n) is 9.87. The van der Waals surface area contributed by atoms with E-state index in [1.54, 1.807) is 55.9 Å². The molecule has 1 saturated carbocycles. The summed E-state index contributed by atoms with van der Waals surface area (Å²) in [5.41, 5.74) is 1.82. The number of hydrogen-bond donors (Lipinski definition) is 1. The molecule has 4 amide bonds. The summed E-state index contributed by atoms with van der Waals surface area (Å²) in [6, 6.07) is 10.9. The van der Waals surface area contributed by atoms with E-state index in [4.69, 9.17) is 14.0 Å². The Morgan fingerprint density at radius 2 is 1.72 bits per heavy atom. The monoisotopic (exact) mass is 895 g/mol. The molecule has 17 heteroatoms. The molecule has 4 fully saturated rings. The van der Waals surface area contributed by atoms with Crippen molar-refractivity contribution < 1.29 is 37.6 Å². The van der Waals surface area contributed by atoms with Gasteiger partial charge in [0.05, 0.1) is 22.8 Å². The second kappa shape index (κ2) is 19.7. The third-order valence-corrected chi connectivity index (χ3v) is 14.3. The SMILES string of the molecule is C[CH]C(=O)N[C@H](C(=O)N1CCN(C(=O)c2cc3cc(F)ccc3n2CC(=O)N2CCC[C@H]2COc2cc(CN3CCC(Oc4ccnc5ccsc45)CC3)on2)CC1)C1CCCCC1. The number of halogens is 1. The number of piperidine rings is 1. The van der Waals surface area contributed by atoms with Gasteiger partial charge in [0.25, 0.3) is 11.8 Å². The van der Waals surface area contributed by atoms with Crippen LogP contribution in [0.5, 0.6) is 11.6 Å². The highest BCUT2D eigenvalue weighted by molar-refractivity contribution is 7.17. The van der Waals surface area contributed by atoms with Gasteiger partial charge in [0.2, 0.25) is 17.7 Å². The van der Waals surface area contributed by atoms with Gasteiger partial charge in [0.1, 0.15) is 42.6 Å². The Balaban J connectivity index is 0.790. The number of nitrogens with zero attached hydrogens (tertiary/aromatic N) is 7. The number of carbonyl (C=O) groups excluding carboxylic acids is 4. The number of pyridine rings is 1. The molecule has 0 unspecified atom stereocenters. The minimum atomic E-state index is -0.597. The zero-order valence-electron chi connectivity index (χ0n) is 36.3. The van der Waals surface area contributed by atoms with Crippen molar-refractivity contribution >= 4 is 56.1 Å². The van der Waals surface area contributed by atoms with Crippen molar-refractivity contribution in [2.24, 2.45) is 5.92 Å². The van der Waals surface area contributed by atoms with E-state index in [1.807, 2.05) is 23.6 Å². The predicted molar refractivity (Wildman–Crippen MR) is 238 cm³/mol. The van der Waals surface area contributed by atoms with E-state index in [2.05, 4.69) is 20.4 Å². The highest BCUT2D eigenvalue weighted by atomic mass is 32.1. The number of piperazine rings is 1. The lowest BCUT2D eigenvalue weighted by atomic mass is 9.83. The smallest absolute Gasteiger partial charge is 0.270 e. The third kappa shape index (κ3) is 9.75. The largest absolute Gasteiger partial charge is 0.489 e. The summed E-state index contributed by atoms with van der Waals surface area (Å²) in [7, 11) is 0. The van der Waals surface area contributed by atoms with E-state index in [9.17, 15) is 23.6 Å². The molecule has 4 aliphatic rings. The van der Waals surface area contributed by atoms with Crippen molar-refractivity contribution in [2.45, 2.75) is 96.0 Å². The Bertz CT molecular complexity index is 2450. The lowest BCUT2D eigenvalue weighted by molar-refractivity contribution is -0.139. The molecular formula is C47H56FN8O7S. The van der Waals surface area contributed by atoms with Gasteiger partial charge in [-0.3, -0.25) is 29.1 Å². The van der Waals surface area contributed by atoms with Crippen molar-refractivity contribution in [3.05, 3.63) is 77.7 Å². The molecule has 7 heterocycles. The quantitative estimate of drug-likeness (QED) is 0.139. The second-order valence-electron chi connectivity index (χ2n) is 17.5. The van der Waals surface area contributed by atoms with Gasteiger partial charge in [0, 0.05) is 75.4 Å². The number of benzene rings is 1. The molecule has 4 aromatic heterocycles. The van der Waals surface area contributed by atoms with Crippen LogP contribution in [-0.2, 0) is 27.5 Å². The maximum Gasteiger partial charge on any atom is 0.270 e. The molecular weight excluding hydrogens is 840 g/mol. The summed E-state index contributed by atoms with van der Waals surface area (Å²) in [6.07, 6.45) is 11.7. The average Bonchev–Trinajstić information content (AvgIpc) is 4.16. The van der Waals surface area contributed by atoms with Crippen LogP contribution in [0.4, 0.5) is 4.39 Å². The maximum atomic E-state index is 14.5. The molecule has 5 aromatic rings. The number of ether oxygens (including phenoxy) is 2. The van der Waals surface area contributed by atoms with Crippen molar-refractivity contribution in [2.75, 3.05) is 52.4 Å². The molecule has 0 spiro atoms. The van der Waals surface area contributed by atoms with Crippen LogP contribution >= 0.6 is 11.3 Å². The van der Waals surface area contributed by atoms with Crippen LogP contribution in [0, 0.1) is 18.2 Å². The van der Waals surface area contributed by atoms with E-state index in [0.29, 0.717) is 48.7 Å². The van der Waals surface area contributed by atoms with Gasteiger partial charge in [-0.1, -0.05) is 26.2 Å². The van der Waals surface area contributed by atoms with Gasteiger partial charge in [-0.25, -0.2) is 4.39 Å². The molecule has 9 rings (SSSR count). The molecule has 64 heavy (non-hydrogen) atoms. The number of hydrogen-bond acceptors (Lipinski definition) is 11. The first-order valence-corrected chi connectivity index (χ1v) is 23.6. The highest BCUT2D eigenvalue weighted by Crippen LogP contribution is 2.32. The van der Waals surface area contributed by atoms with Crippen LogP contribution in [0.15, 0.2) is 58.6 Å². The lowest BCUT2D eigenvalue weighted by Crippen LogP contribution is -2.58. The van der Waals surface area contributed by atoms with Gasteiger partial charge < -0.3 is 38.6 Å². The fraction of sp³-hybridized carbons (Fsp3) is 0.511. The molecule has 1 aromatic carbocycles. The first-order chi connectivity index (χ1) is 31.2. The summed E-state index contributed by atoms with van der Waals surface area (Å²) in [5.74, 6) is 0.763. The van der Waals surface area contributed by atoms with Crippen LogP contribution in [0.3, 0.4) is 0 Å². The number of carbonyl (C=O) groups is 4. The predicted octanol–water partition coefficient (Wildman–Crippen LogP) is 6.07. The minimum absolute atomic E-state index is 0.0818. The van der Waals surface area contributed by atoms with E-state index < -0.39 is 11.9 Å². The Morgan fingerprint density at radius 3 is 2.52 bits per heavy atom. The van der Waals surface area contributed by atoms with Gasteiger partial charge in [-0.2, -0.15) is 0 Å². The van der Waals surface area contributed by atoms with E-state index >= 15 is 0 Å². The molecule has 3 saturated heterocycles. The Labute approximate surface area is 375 Å². The molecule has 1 radical (unpaired) electrons.